The molecule has 3 aliphatic carbocycles. The number of hydrogen-bond donors (Lipinski definition) is 4. The van der Waals surface area contributed by atoms with Gasteiger partial charge in [0.1, 0.15) is 0 Å². The minimum atomic E-state index is -0.247. The van der Waals surface area contributed by atoms with Crippen molar-refractivity contribution in [2.24, 2.45) is 40.1 Å². The predicted molar refractivity (Wildman–Crippen MR) is 97.2 cm³/mol. The second-order valence-corrected chi connectivity index (χ2v) is 9.35. The van der Waals surface area contributed by atoms with Gasteiger partial charge < -0.3 is 21.7 Å². The van der Waals surface area contributed by atoms with Gasteiger partial charge in [0, 0.05) is 12.6 Å². The number of allylic oxidation sites excluding steroid dienone is 1. The van der Waals surface area contributed by atoms with E-state index >= 15 is 0 Å². The Morgan fingerprint density at radius 1 is 1.21 bits per heavy atom. The maximum absolute atomic E-state index is 10.0. The van der Waals surface area contributed by atoms with Gasteiger partial charge in [-0.1, -0.05) is 31.9 Å². The van der Waals surface area contributed by atoms with E-state index in [1.165, 1.54) is 12.0 Å². The van der Waals surface area contributed by atoms with E-state index in [4.69, 9.17) is 11.5 Å². The van der Waals surface area contributed by atoms with E-state index in [1.807, 2.05) is 0 Å². The lowest BCUT2D eigenvalue weighted by molar-refractivity contribution is -0.0456. The highest BCUT2D eigenvalue weighted by Crippen LogP contribution is 2.57. The molecule has 4 heteroatoms. The molecule has 1 saturated carbocycles. The number of hydrogen-bond acceptors (Lipinski definition) is 4. The molecule has 0 aromatic heterocycles. The van der Waals surface area contributed by atoms with Gasteiger partial charge in [-0.25, -0.2) is 0 Å². The first-order chi connectivity index (χ1) is 11.3. The minimum Gasteiger partial charge on any atom is -0.396 e. The summed E-state index contributed by atoms with van der Waals surface area (Å²) in [5.74, 6) is 1.10. The lowest BCUT2D eigenvalue weighted by Gasteiger charge is -2.49. The van der Waals surface area contributed by atoms with Crippen molar-refractivity contribution in [3.63, 3.8) is 0 Å². The van der Waals surface area contributed by atoms with Crippen LogP contribution in [0.4, 0.5) is 0 Å². The Labute approximate surface area is 146 Å². The van der Waals surface area contributed by atoms with Gasteiger partial charge in [0.05, 0.1) is 6.10 Å². The van der Waals surface area contributed by atoms with Gasteiger partial charge in [0.15, 0.2) is 0 Å². The summed E-state index contributed by atoms with van der Waals surface area (Å²) in [5.41, 5.74) is 15.9. The normalized spacial score (nSPS) is 45.4. The van der Waals surface area contributed by atoms with Crippen LogP contribution in [0.2, 0.25) is 0 Å². The fourth-order valence-electron chi connectivity index (χ4n) is 6.18. The molecule has 0 aromatic carbocycles. The van der Waals surface area contributed by atoms with Gasteiger partial charge >= 0.3 is 0 Å². The summed E-state index contributed by atoms with van der Waals surface area (Å²) >= 11 is 0. The molecule has 0 amide bonds. The Balaban J connectivity index is 1.85. The van der Waals surface area contributed by atoms with Crippen LogP contribution in [-0.4, -0.2) is 35.5 Å². The molecule has 0 saturated heterocycles. The Hall–Kier alpha value is -0.420. The average molecular weight is 337 g/mol. The van der Waals surface area contributed by atoms with E-state index in [0.717, 1.165) is 32.1 Å². The van der Waals surface area contributed by atoms with Crippen LogP contribution < -0.4 is 11.5 Å². The summed E-state index contributed by atoms with van der Waals surface area (Å²) in [6.07, 6.45) is 5.70. The highest BCUT2D eigenvalue weighted by molar-refractivity contribution is 5.37. The largest absolute Gasteiger partial charge is 0.396 e. The predicted octanol–water partition coefficient (Wildman–Crippen LogP) is 2.18. The molecule has 1 fully saturated rings. The van der Waals surface area contributed by atoms with Crippen LogP contribution in [0.15, 0.2) is 11.1 Å². The molecule has 3 rings (SSSR count). The summed E-state index contributed by atoms with van der Waals surface area (Å²) in [5, 5.41) is 19.9. The molecular weight excluding hydrogens is 300 g/mol. The fraction of sp³-hybridized carbons (Fsp3) is 0.900. The Kier molecular flexibility index (Phi) is 4.89. The fourth-order valence-corrected chi connectivity index (χ4v) is 6.18. The standard InChI is InChI=1S/C20H36N2O2/c1-19(2)16-5-4-12(9-15(16)18(22)17(19)10-21)20(3)7-6-14(24)8-13(20)11-23/h12-14,17-18,23-24H,4-11,21-22H2,1-3H3/t12?,13-,14-,17?,18?,20-/m1/s1. The Morgan fingerprint density at radius 2 is 1.92 bits per heavy atom. The van der Waals surface area contributed by atoms with Crippen molar-refractivity contribution in [2.45, 2.75) is 71.4 Å². The third-order valence-corrected chi connectivity index (χ3v) is 8.05. The van der Waals surface area contributed by atoms with Gasteiger partial charge in [-0.15, -0.1) is 0 Å². The molecule has 6 atom stereocenters. The summed E-state index contributed by atoms with van der Waals surface area (Å²) in [4.78, 5) is 0. The van der Waals surface area contributed by atoms with Crippen LogP contribution in [0, 0.1) is 28.6 Å². The molecule has 4 nitrogen and oxygen atoms in total. The van der Waals surface area contributed by atoms with Gasteiger partial charge in [-0.3, -0.25) is 0 Å². The molecule has 0 aliphatic heterocycles. The van der Waals surface area contributed by atoms with Crippen molar-refractivity contribution in [2.75, 3.05) is 13.2 Å². The highest BCUT2D eigenvalue weighted by Gasteiger charge is 2.51. The van der Waals surface area contributed by atoms with E-state index in [0.29, 0.717) is 18.4 Å². The highest BCUT2D eigenvalue weighted by atomic mass is 16.3. The second kappa shape index (κ2) is 6.39. The number of aliphatic hydroxyl groups is 2. The molecule has 0 heterocycles. The summed E-state index contributed by atoms with van der Waals surface area (Å²) in [6.45, 7) is 7.78. The van der Waals surface area contributed by atoms with Crippen molar-refractivity contribution in [3.05, 3.63) is 11.1 Å². The van der Waals surface area contributed by atoms with Gasteiger partial charge in [0.25, 0.3) is 0 Å². The van der Waals surface area contributed by atoms with Crippen molar-refractivity contribution >= 4 is 0 Å². The lowest BCUT2D eigenvalue weighted by atomic mass is 9.56. The van der Waals surface area contributed by atoms with Crippen LogP contribution in [0.5, 0.6) is 0 Å². The molecule has 24 heavy (non-hydrogen) atoms. The molecule has 0 aromatic rings. The molecule has 0 radical (unpaired) electrons. The van der Waals surface area contributed by atoms with Crippen LogP contribution >= 0.6 is 0 Å². The topological polar surface area (TPSA) is 92.5 Å². The van der Waals surface area contributed by atoms with Crippen LogP contribution in [-0.2, 0) is 0 Å². The summed E-state index contributed by atoms with van der Waals surface area (Å²) in [7, 11) is 0. The Bertz CT molecular complexity index is 516. The average Bonchev–Trinajstić information content (AvgIpc) is 2.75. The summed E-state index contributed by atoms with van der Waals surface area (Å²) < 4.78 is 0. The minimum absolute atomic E-state index is 0.0909. The van der Waals surface area contributed by atoms with E-state index in [9.17, 15) is 10.2 Å². The zero-order valence-electron chi connectivity index (χ0n) is 15.6. The van der Waals surface area contributed by atoms with Crippen LogP contribution in [0.25, 0.3) is 0 Å². The van der Waals surface area contributed by atoms with E-state index < -0.39 is 0 Å². The molecular formula is C20H36N2O2. The first-order valence-corrected chi connectivity index (χ1v) is 9.72. The zero-order valence-corrected chi connectivity index (χ0v) is 15.6. The number of aliphatic hydroxyl groups excluding tert-OH is 2. The van der Waals surface area contributed by atoms with Gasteiger partial charge in [-0.05, 0) is 73.7 Å². The molecule has 0 spiro atoms. The molecule has 3 unspecified atom stereocenters. The number of nitrogens with two attached hydrogens (primary N) is 2. The summed E-state index contributed by atoms with van der Waals surface area (Å²) in [6, 6.07) is 0.0909. The van der Waals surface area contributed by atoms with Crippen molar-refractivity contribution in [1.82, 2.24) is 0 Å². The third kappa shape index (κ3) is 2.66. The molecule has 3 aliphatic rings. The second-order valence-electron chi connectivity index (χ2n) is 9.35. The maximum atomic E-state index is 10.0. The first kappa shape index (κ1) is 18.4. The van der Waals surface area contributed by atoms with Crippen molar-refractivity contribution in [1.29, 1.82) is 0 Å². The smallest absolute Gasteiger partial charge is 0.0544 e. The quantitative estimate of drug-likeness (QED) is 0.594. The van der Waals surface area contributed by atoms with Gasteiger partial charge in [-0.2, -0.15) is 0 Å². The maximum Gasteiger partial charge on any atom is 0.0544 e. The van der Waals surface area contributed by atoms with Crippen LogP contribution in [0.1, 0.15) is 59.3 Å². The zero-order chi connectivity index (χ0) is 17.7. The SMILES string of the molecule is CC1(C)C2=C(CC([C@@]3(C)CC[C@@H](O)C[C@@H]3CO)CC2)C(N)C1CN. The van der Waals surface area contributed by atoms with Crippen LogP contribution in [0.3, 0.4) is 0 Å². The lowest BCUT2D eigenvalue weighted by Crippen LogP contribution is -2.45. The van der Waals surface area contributed by atoms with E-state index in [1.54, 1.807) is 5.57 Å². The molecule has 138 valence electrons. The third-order valence-electron chi connectivity index (χ3n) is 8.05. The van der Waals surface area contributed by atoms with Gasteiger partial charge in [0.2, 0.25) is 0 Å². The Morgan fingerprint density at radius 3 is 2.54 bits per heavy atom. The number of rotatable bonds is 3. The molecule has 0 bridgehead atoms. The molecule has 6 N–H and O–H groups in total. The van der Waals surface area contributed by atoms with E-state index in [2.05, 4.69) is 20.8 Å². The van der Waals surface area contributed by atoms with Crippen molar-refractivity contribution < 1.29 is 10.2 Å². The first-order valence-electron chi connectivity index (χ1n) is 9.72. The van der Waals surface area contributed by atoms with Crippen molar-refractivity contribution in [3.8, 4) is 0 Å². The van der Waals surface area contributed by atoms with E-state index in [-0.39, 0.29) is 35.5 Å². The monoisotopic (exact) mass is 336 g/mol.